The predicted octanol–water partition coefficient (Wildman–Crippen LogP) is 5.38. The van der Waals surface area contributed by atoms with Gasteiger partial charge in [-0.3, -0.25) is 9.88 Å². The van der Waals surface area contributed by atoms with Crippen molar-refractivity contribution in [2.24, 2.45) is 5.92 Å². The number of nitrogens with one attached hydrogen (secondary N) is 1. The molecule has 0 bridgehead atoms. The smallest absolute Gasteiger partial charge is 0.0974 e. The highest BCUT2D eigenvalue weighted by Gasteiger charge is 2.21. The first kappa shape index (κ1) is 18.7. The molecule has 0 spiro atoms. The number of halogens is 1. The molecule has 1 aliphatic rings. The molecule has 1 heterocycles. The van der Waals surface area contributed by atoms with E-state index >= 15 is 0 Å². The second-order valence-corrected chi connectivity index (χ2v) is 7.16. The van der Waals surface area contributed by atoms with E-state index in [1.54, 1.807) is 6.20 Å². The average Bonchev–Trinajstić information content (AvgIpc) is 2.63. The number of aliphatic hydroxyl groups excluding tert-OH is 1. The van der Waals surface area contributed by atoms with Crippen LogP contribution < -0.4 is 5.32 Å². The second kappa shape index (κ2) is 8.11. The lowest BCUT2D eigenvalue weighted by molar-refractivity contribution is 0.309. The molecule has 1 atom stereocenters. The summed E-state index contributed by atoms with van der Waals surface area (Å²) in [5.74, 6) is 0.703. The number of aliphatic hydroxyl groups is 1. The molecule has 0 aliphatic heterocycles. The molecule has 138 valence electrons. The van der Waals surface area contributed by atoms with Crippen molar-refractivity contribution in [2.45, 2.75) is 27.2 Å². The van der Waals surface area contributed by atoms with Crippen molar-refractivity contribution >= 4 is 28.2 Å². The number of aromatic nitrogens is 1. The molecule has 3 rings (SSSR count). The van der Waals surface area contributed by atoms with Gasteiger partial charge < -0.3 is 10.4 Å². The van der Waals surface area contributed by atoms with Crippen molar-refractivity contribution in [3.63, 3.8) is 0 Å². The van der Waals surface area contributed by atoms with Gasteiger partial charge in [-0.1, -0.05) is 38.4 Å². The average molecular weight is 372 g/mol. The molecule has 2 aromatic rings. The van der Waals surface area contributed by atoms with Crippen molar-refractivity contribution in [2.75, 3.05) is 25.0 Å². The number of benzene rings is 1. The molecular weight excluding hydrogens is 346 g/mol. The molecule has 0 fully saturated rings. The molecule has 26 heavy (non-hydrogen) atoms. The Morgan fingerprint density at radius 3 is 2.77 bits per heavy atom. The van der Waals surface area contributed by atoms with Gasteiger partial charge in [0.15, 0.2) is 0 Å². The molecule has 0 radical (unpaired) electrons. The Morgan fingerprint density at radius 2 is 2.04 bits per heavy atom. The van der Waals surface area contributed by atoms with Gasteiger partial charge in [-0.2, -0.15) is 0 Å². The molecular formula is C21H26ClN3O. The fraction of sp³-hybridized carbons (Fsp3) is 0.381. The van der Waals surface area contributed by atoms with Crippen LogP contribution in [0.25, 0.3) is 10.9 Å². The lowest BCUT2D eigenvalue weighted by atomic mass is 9.92. The summed E-state index contributed by atoms with van der Waals surface area (Å²) in [6.07, 6.45) is 4.52. The van der Waals surface area contributed by atoms with Crippen LogP contribution in [-0.2, 0) is 0 Å². The van der Waals surface area contributed by atoms with E-state index in [1.807, 2.05) is 24.3 Å². The number of nitrogens with zero attached hydrogens (tertiary/aromatic N) is 2. The highest BCUT2D eigenvalue weighted by Crippen LogP contribution is 2.34. The second-order valence-electron chi connectivity index (χ2n) is 6.76. The number of pyridine rings is 1. The zero-order valence-corrected chi connectivity index (χ0v) is 16.3. The first-order valence-corrected chi connectivity index (χ1v) is 9.56. The van der Waals surface area contributed by atoms with E-state index in [1.165, 1.54) is 0 Å². The van der Waals surface area contributed by atoms with Crippen LogP contribution >= 0.6 is 11.6 Å². The Kier molecular flexibility index (Phi) is 5.84. The molecule has 1 aromatic carbocycles. The minimum Gasteiger partial charge on any atom is -0.512 e. The fourth-order valence-corrected chi connectivity index (χ4v) is 3.62. The van der Waals surface area contributed by atoms with Crippen LogP contribution in [0.3, 0.4) is 0 Å². The molecule has 1 aliphatic carbocycles. The topological polar surface area (TPSA) is 48.4 Å². The molecule has 2 N–H and O–H groups in total. The lowest BCUT2D eigenvalue weighted by Gasteiger charge is -2.27. The SMILES string of the molecule is CCN(CC)CC1=C(O)C[C@H](C)C(Nc2ccnc3cccc(Cl)c23)=C1. The Hall–Kier alpha value is -2.04. The third-order valence-corrected chi connectivity index (χ3v) is 5.33. The predicted molar refractivity (Wildman–Crippen MR) is 110 cm³/mol. The summed E-state index contributed by atoms with van der Waals surface area (Å²) < 4.78 is 0. The lowest BCUT2D eigenvalue weighted by Crippen LogP contribution is -2.27. The summed E-state index contributed by atoms with van der Waals surface area (Å²) in [5, 5.41) is 15.6. The molecule has 1 aromatic heterocycles. The van der Waals surface area contributed by atoms with Gasteiger partial charge in [-0.15, -0.1) is 0 Å². The van der Waals surface area contributed by atoms with Gasteiger partial charge in [0.2, 0.25) is 0 Å². The van der Waals surface area contributed by atoms with Crippen LogP contribution in [-0.4, -0.2) is 34.6 Å². The van der Waals surface area contributed by atoms with E-state index < -0.39 is 0 Å². The van der Waals surface area contributed by atoms with E-state index in [0.717, 1.165) is 47.5 Å². The molecule has 5 heteroatoms. The van der Waals surface area contributed by atoms with Crippen molar-refractivity contribution in [1.82, 2.24) is 9.88 Å². The van der Waals surface area contributed by atoms with Gasteiger partial charge in [0.25, 0.3) is 0 Å². The van der Waals surface area contributed by atoms with Gasteiger partial charge in [0, 0.05) is 41.7 Å². The monoisotopic (exact) mass is 371 g/mol. The Morgan fingerprint density at radius 1 is 1.27 bits per heavy atom. The number of rotatable bonds is 6. The van der Waals surface area contributed by atoms with E-state index in [9.17, 15) is 5.11 Å². The van der Waals surface area contributed by atoms with E-state index in [4.69, 9.17) is 11.6 Å². The van der Waals surface area contributed by atoms with Crippen LogP contribution in [0, 0.1) is 5.92 Å². The Labute approximate surface area is 160 Å². The highest BCUT2D eigenvalue weighted by atomic mass is 35.5. The van der Waals surface area contributed by atoms with E-state index in [-0.39, 0.29) is 5.92 Å². The van der Waals surface area contributed by atoms with Gasteiger partial charge >= 0.3 is 0 Å². The summed E-state index contributed by atoms with van der Waals surface area (Å²) in [4.78, 5) is 6.70. The van der Waals surface area contributed by atoms with Crippen molar-refractivity contribution in [3.05, 3.63) is 58.6 Å². The minimum absolute atomic E-state index is 0.209. The van der Waals surface area contributed by atoms with E-state index in [0.29, 0.717) is 17.2 Å². The standard InChI is InChI=1S/C21H26ClN3O/c1-4-25(5-2)13-15-12-19(14(3)11-20(15)26)24-18-9-10-23-17-8-6-7-16(22)21(17)18/h6-10,12,14,26H,4-5,11,13H2,1-3H3,(H,23,24)/t14-/m0/s1. The molecule has 0 unspecified atom stereocenters. The summed E-state index contributed by atoms with van der Waals surface area (Å²) in [6.45, 7) is 9.08. The first-order valence-electron chi connectivity index (χ1n) is 9.18. The van der Waals surface area contributed by atoms with Crippen LogP contribution in [0.5, 0.6) is 0 Å². The molecule has 4 nitrogen and oxygen atoms in total. The zero-order chi connectivity index (χ0) is 18.7. The van der Waals surface area contributed by atoms with E-state index in [2.05, 4.69) is 42.0 Å². The number of hydrogen-bond donors (Lipinski definition) is 2. The Bertz CT molecular complexity index is 850. The number of allylic oxidation sites excluding steroid dienone is 2. The maximum Gasteiger partial charge on any atom is 0.0974 e. The summed E-state index contributed by atoms with van der Waals surface area (Å²) >= 11 is 6.42. The summed E-state index contributed by atoms with van der Waals surface area (Å²) in [7, 11) is 0. The quantitative estimate of drug-likeness (QED) is 0.715. The van der Waals surface area contributed by atoms with Crippen LogP contribution in [0.4, 0.5) is 5.69 Å². The fourth-order valence-electron chi connectivity index (χ4n) is 3.35. The first-order chi connectivity index (χ1) is 12.5. The number of hydrogen-bond acceptors (Lipinski definition) is 4. The maximum atomic E-state index is 10.4. The molecule has 0 amide bonds. The van der Waals surface area contributed by atoms with Crippen molar-refractivity contribution in [3.8, 4) is 0 Å². The molecule has 0 saturated heterocycles. The third kappa shape index (κ3) is 3.87. The minimum atomic E-state index is 0.209. The maximum absolute atomic E-state index is 10.4. The van der Waals surface area contributed by atoms with Gasteiger partial charge in [0.1, 0.15) is 0 Å². The van der Waals surface area contributed by atoms with Crippen molar-refractivity contribution in [1.29, 1.82) is 0 Å². The van der Waals surface area contributed by atoms with Crippen molar-refractivity contribution < 1.29 is 5.11 Å². The van der Waals surface area contributed by atoms with Gasteiger partial charge in [0.05, 0.1) is 22.0 Å². The summed E-state index contributed by atoms with van der Waals surface area (Å²) in [5.41, 5.74) is 3.90. The van der Waals surface area contributed by atoms with Gasteiger partial charge in [-0.05, 0) is 37.4 Å². The van der Waals surface area contributed by atoms with Crippen LogP contribution in [0.1, 0.15) is 27.2 Å². The highest BCUT2D eigenvalue weighted by molar-refractivity contribution is 6.36. The van der Waals surface area contributed by atoms with Crippen LogP contribution in [0.2, 0.25) is 5.02 Å². The Balaban J connectivity index is 1.94. The van der Waals surface area contributed by atoms with Crippen LogP contribution in [0.15, 0.2) is 53.6 Å². The normalized spacial score (nSPS) is 17.7. The molecule has 0 saturated carbocycles. The van der Waals surface area contributed by atoms with Gasteiger partial charge in [-0.25, -0.2) is 0 Å². The largest absolute Gasteiger partial charge is 0.512 e. The summed E-state index contributed by atoms with van der Waals surface area (Å²) in [6, 6.07) is 7.70. The third-order valence-electron chi connectivity index (χ3n) is 5.01. The number of likely N-dealkylation sites (N-methyl/N-ethyl adjacent to an activating group) is 1. The zero-order valence-electron chi connectivity index (χ0n) is 15.6. The number of fused-ring (bicyclic) bond motifs is 1. The number of anilines is 1.